The Morgan fingerprint density at radius 3 is 2.74 bits per heavy atom. The minimum absolute atomic E-state index is 0.622. The molecule has 3 rings (SSSR count). The van der Waals surface area contributed by atoms with Gasteiger partial charge in [-0.3, -0.25) is 0 Å². The van der Waals surface area contributed by atoms with E-state index in [0.717, 1.165) is 26.8 Å². The Bertz CT molecular complexity index is 812. The van der Waals surface area contributed by atoms with Gasteiger partial charge >= 0.3 is 0 Å². The predicted octanol–water partition coefficient (Wildman–Crippen LogP) is 3.97. The molecule has 1 aromatic heterocycles. The zero-order valence-electron chi connectivity index (χ0n) is 10.3. The van der Waals surface area contributed by atoms with Gasteiger partial charge in [0.05, 0.1) is 22.5 Å². The molecule has 2 aromatic carbocycles. The number of aromatic nitrogens is 2. The second kappa shape index (κ2) is 4.52. The summed E-state index contributed by atoms with van der Waals surface area (Å²) in [7, 11) is 0. The van der Waals surface area contributed by atoms with E-state index in [1.54, 1.807) is 6.07 Å². The number of halogens is 1. The molecule has 0 saturated heterocycles. The van der Waals surface area contributed by atoms with Crippen LogP contribution < -0.4 is 0 Å². The number of para-hydroxylation sites is 1. The van der Waals surface area contributed by atoms with Crippen LogP contribution in [0.15, 0.2) is 46.9 Å². The summed E-state index contributed by atoms with van der Waals surface area (Å²) in [5, 5.41) is 14.7. The molecule has 0 N–H and O–H groups in total. The number of rotatable bonds is 1. The van der Waals surface area contributed by atoms with E-state index in [0.29, 0.717) is 5.56 Å². The smallest absolute Gasteiger partial charge is 0.100 e. The minimum atomic E-state index is 0.622. The SMILES string of the molecule is Cc1nn(-c2ccc(C#N)c(Br)c2)c2ccccc12. The van der Waals surface area contributed by atoms with Crippen LogP contribution in [0.25, 0.3) is 16.6 Å². The van der Waals surface area contributed by atoms with Crippen molar-refractivity contribution in [3.8, 4) is 11.8 Å². The Kier molecular flexibility index (Phi) is 2.84. The number of nitrogens with zero attached hydrogens (tertiary/aromatic N) is 3. The standard InChI is InChI=1S/C15H10BrN3/c1-10-13-4-2-3-5-15(13)19(18-10)12-7-6-11(9-17)14(16)8-12/h2-8H,1H3. The van der Waals surface area contributed by atoms with Gasteiger partial charge in [-0.05, 0) is 47.1 Å². The molecule has 3 nitrogen and oxygen atoms in total. The predicted molar refractivity (Wildman–Crippen MR) is 78.2 cm³/mol. The highest BCUT2D eigenvalue weighted by atomic mass is 79.9. The molecular weight excluding hydrogens is 302 g/mol. The molecule has 4 heteroatoms. The molecule has 0 aliphatic carbocycles. The molecule has 0 bridgehead atoms. The molecule has 0 atom stereocenters. The van der Waals surface area contributed by atoms with Crippen LogP contribution in [-0.4, -0.2) is 9.78 Å². The maximum Gasteiger partial charge on any atom is 0.100 e. The van der Waals surface area contributed by atoms with E-state index in [2.05, 4.69) is 33.2 Å². The fourth-order valence-electron chi connectivity index (χ4n) is 2.15. The Hall–Kier alpha value is -2.12. The summed E-state index contributed by atoms with van der Waals surface area (Å²) in [5.74, 6) is 0. The number of nitriles is 1. The molecule has 0 unspecified atom stereocenters. The summed E-state index contributed by atoms with van der Waals surface area (Å²) in [4.78, 5) is 0. The van der Waals surface area contributed by atoms with Crippen molar-refractivity contribution in [3.05, 3.63) is 58.2 Å². The molecule has 19 heavy (non-hydrogen) atoms. The van der Waals surface area contributed by atoms with Crippen molar-refractivity contribution in [2.24, 2.45) is 0 Å². The van der Waals surface area contributed by atoms with E-state index in [1.165, 1.54) is 0 Å². The van der Waals surface area contributed by atoms with Crippen molar-refractivity contribution in [3.63, 3.8) is 0 Å². The van der Waals surface area contributed by atoms with Gasteiger partial charge in [-0.25, -0.2) is 4.68 Å². The number of hydrogen-bond donors (Lipinski definition) is 0. The van der Waals surface area contributed by atoms with Gasteiger partial charge in [0.1, 0.15) is 6.07 Å². The van der Waals surface area contributed by atoms with E-state index in [9.17, 15) is 0 Å². The normalized spacial score (nSPS) is 10.6. The van der Waals surface area contributed by atoms with Crippen molar-refractivity contribution >= 4 is 26.8 Å². The number of aryl methyl sites for hydroxylation is 1. The average Bonchev–Trinajstić information content (AvgIpc) is 2.77. The molecule has 0 amide bonds. The maximum absolute atomic E-state index is 8.95. The summed E-state index contributed by atoms with van der Waals surface area (Å²) >= 11 is 3.41. The van der Waals surface area contributed by atoms with Gasteiger partial charge in [0.15, 0.2) is 0 Å². The molecule has 0 fully saturated rings. The Labute approximate surface area is 119 Å². The fraction of sp³-hybridized carbons (Fsp3) is 0.0667. The number of fused-ring (bicyclic) bond motifs is 1. The number of hydrogen-bond acceptors (Lipinski definition) is 2. The van der Waals surface area contributed by atoms with Gasteiger partial charge in [-0.2, -0.15) is 10.4 Å². The Morgan fingerprint density at radius 2 is 2.00 bits per heavy atom. The summed E-state index contributed by atoms with van der Waals surface area (Å²) in [6.07, 6.45) is 0. The van der Waals surface area contributed by atoms with Crippen molar-refractivity contribution in [1.82, 2.24) is 9.78 Å². The first-order chi connectivity index (χ1) is 9.20. The zero-order valence-corrected chi connectivity index (χ0v) is 11.8. The van der Waals surface area contributed by atoms with Crippen LogP contribution in [0.2, 0.25) is 0 Å². The topological polar surface area (TPSA) is 41.6 Å². The van der Waals surface area contributed by atoms with Gasteiger partial charge in [0.2, 0.25) is 0 Å². The van der Waals surface area contributed by atoms with Gasteiger partial charge in [0, 0.05) is 9.86 Å². The monoisotopic (exact) mass is 311 g/mol. The average molecular weight is 312 g/mol. The summed E-state index contributed by atoms with van der Waals surface area (Å²) in [6.45, 7) is 2.00. The highest BCUT2D eigenvalue weighted by Crippen LogP contribution is 2.24. The van der Waals surface area contributed by atoms with Gasteiger partial charge in [0.25, 0.3) is 0 Å². The van der Waals surface area contributed by atoms with Crippen molar-refractivity contribution in [2.75, 3.05) is 0 Å². The van der Waals surface area contributed by atoms with Crippen LogP contribution in [0.1, 0.15) is 11.3 Å². The van der Waals surface area contributed by atoms with Gasteiger partial charge in [-0.1, -0.05) is 18.2 Å². The lowest BCUT2D eigenvalue weighted by Gasteiger charge is -2.05. The molecular formula is C15H10BrN3. The first kappa shape index (κ1) is 11.9. The van der Waals surface area contributed by atoms with Crippen LogP contribution in [0, 0.1) is 18.3 Å². The second-order valence-electron chi connectivity index (χ2n) is 4.29. The van der Waals surface area contributed by atoms with Crippen LogP contribution in [0.3, 0.4) is 0 Å². The third-order valence-electron chi connectivity index (χ3n) is 3.09. The van der Waals surface area contributed by atoms with E-state index < -0.39 is 0 Å². The lowest BCUT2D eigenvalue weighted by molar-refractivity contribution is 0.888. The highest BCUT2D eigenvalue weighted by molar-refractivity contribution is 9.10. The van der Waals surface area contributed by atoms with E-state index >= 15 is 0 Å². The van der Waals surface area contributed by atoms with E-state index in [1.807, 2.05) is 41.9 Å². The van der Waals surface area contributed by atoms with E-state index in [-0.39, 0.29) is 0 Å². The Morgan fingerprint density at radius 1 is 1.21 bits per heavy atom. The van der Waals surface area contributed by atoms with Crippen molar-refractivity contribution in [1.29, 1.82) is 5.26 Å². The summed E-state index contributed by atoms with van der Waals surface area (Å²) in [5.41, 5.74) is 3.62. The summed E-state index contributed by atoms with van der Waals surface area (Å²) in [6, 6.07) is 15.9. The second-order valence-corrected chi connectivity index (χ2v) is 5.14. The van der Waals surface area contributed by atoms with Gasteiger partial charge in [-0.15, -0.1) is 0 Å². The minimum Gasteiger partial charge on any atom is -0.233 e. The van der Waals surface area contributed by atoms with Crippen LogP contribution in [0.4, 0.5) is 0 Å². The molecule has 0 spiro atoms. The molecule has 0 aliphatic rings. The third kappa shape index (κ3) is 1.92. The van der Waals surface area contributed by atoms with Crippen LogP contribution >= 0.6 is 15.9 Å². The summed E-state index contributed by atoms with van der Waals surface area (Å²) < 4.78 is 2.68. The Balaban J connectivity index is 2.25. The molecule has 0 radical (unpaired) electrons. The first-order valence-corrected chi connectivity index (χ1v) is 6.64. The number of benzene rings is 2. The molecule has 1 heterocycles. The first-order valence-electron chi connectivity index (χ1n) is 5.85. The maximum atomic E-state index is 8.95. The molecule has 0 aliphatic heterocycles. The quantitative estimate of drug-likeness (QED) is 0.682. The van der Waals surface area contributed by atoms with Crippen molar-refractivity contribution in [2.45, 2.75) is 6.92 Å². The van der Waals surface area contributed by atoms with Crippen LogP contribution in [-0.2, 0) is 0 Å². The largest absolute Gasteiger partial charge is 0.233 e. The fourth-order valence-corrected chi connectivity index (χ4v) is 2.60. The van der Waals surface area contributed by atoms with Crippen LogP contribution in [0.5, 0.6) is 0 Å². The third-order valence-corrected chi connectivity index (χ3v) is 3.75. The van der Waals surface area contributed by atoms with E-state index in [4.69, 9.17) is 5.26 Å². The molecule has 92 valence electrons. The molecule has 3 aromatic rings. The highest BCUT2D eigenvalue weighted by Gasteiger charge is 2.09. The lowest BCUT2D eigenvalue weighted by Crippen LogP contribution is -1.97. The van der Waals surface area contributed by atoms with Gasteiger partial charge < -0.3 is 0 Å². The van der Waals surface area contributed by atoms with Crippen molar-refractivity contribution < 1.29 is 0 Å². The molecule has 0 saturated carbocycles. The zero-order chi connectivity index (χ0) is 13.4. The lowest BCUT2D eigenvalue weighted by atomic mass is 10.2.